The molecule has 21 heavy (non-hydrogen) atoms. The summed E-state index contributed by atoms with van der Waals surface area (Å²) in [5, 5.41) is 7.09. The first kappa shape index (κ1) is 15.1. The SMILES string of the molecule is CCNC(=NCC1CC1(C)C)NC1C2CCOC2C1(C)C. The van der Waals surface area contributed by atoms with Crippen LogP contribution in [0.1, 0.15) is 47.5 Å². The molecule has 4 unspecified atom stereocenters. The number of nitrogens with one attached hydrogen (secondary N) is 2. The van der Waals surface area contributed by atoms with Crippen LogP contribution in [0.5, 0.6) is 0 Å². The third-order valence-corrected chi connectivity index (χ3v) is 5.92. The normalized spacial score (nSPS) is 39.4. The van der Waals surface area contributed by atoms with E-state index >= 15 is 0 Å². The maximum Gasteiger partial charge on any atom is 0.191 e. The molecule has 0 bridgehead atoms. The van der Waals surface area contributed by atoms with Crippen molar-refractivity contribution >= 4 is 5.96 Å². The molecule has 0 aromatic carbocycles. The van der Waals surface area contributed by atoms with E-state index in [-0.39, 0.29) is 5.41 Å². The lowest BCUT2D eigenvalue weighted by molar-refractivity contribution is -0.106. The van der Waals surface area contributed by atoms with Gasteiger partial charge in [0.25, 0.3) is 0 Å². The highest BCUT2D eigenvalue weighted by atomic mass is 16.5. The number of fused-ring (bicyclic) bond motifs is 1. The van der Waals surface area contributed by atoms with Gasteiger partial charge in [0.2, 0.25) is 0 Å². The van der Waals surface area contributed by atoms with Gasteiger partial charge in [-0.1, -0.05) is 27.7 Å². The van der Waals surface area contributed by atoms with E-state index in [4.69, 9.17) is 9.73 Å². The van der Waals surface area contributed by atoms with Gasteiger partial charge < -0.3 is 15.4 Å². The Bertz CT molecular complexity index is 430. The molecule has 2 saturated carbocycles. The molecular formula is C17H31N3O. The molecule has 120 valence electrons. The van der Waals surface area contributed by atoms with Crippen molar-refractivity contribution in [2.24, 2.45) is 27.7 Å². The Morgan fingerprint density at radius 2 is 2.00 bits per heavy atom. The molecule has 0 aromatic rings. The van der Waals surface area contributed by atoms with Crippen molar-refractivity contribution in [3.8, 4) is 0 Å². The van der Waals surface area contributed by atoms with E-state index in [1.54, 1.807) is 0 Å². The number of rotatable bonds is 4. The van der Waals surface area contributed by atoms with E-state index in [1.807, 2.05) is 0 Å². The van der Waals surface area contributed by atoms with E-state index in [9.17, 15) is 0 Å². The second-order valence-corrected chi connectivity index (χ2v) is 8.30. The number of guanidine groups is 1. The van der Waals surface area contributed by atoms with Crippen LogP contribution in [0.15, 0.2) is 4.99 Å². The summed E-state index contributed by atoms with van der Waals surface area (Å²) >= 11 is 0. The first-order chi connectivity index (χ1) is 9.86. The fourth-order valence-corrected chi connectivity index (χ4v) is 4.17. The lowest BCUT2D eigenvalue weighted by atomic mass is 9.57. The van der Waals surface area contributed by atoms with Crippen molar-refractivity contribution < 1.29 is 4.74 Å². The summed E-state index contributed by atoms with van der Waals surface area (Å²) in [5.41, 5.74) is 0.706. The fourth-order valence-electron chi connectivity index (χ4n) is 4.17. The molecule has 2 N–H and O–H groups in total. The summed E-state index contributed by atoms with van der Waals surface area (Å²) in [6.07, 6.45) is 2.92. The van der Waals surface area contributed by atoms with E-state index in [2.05, 4.69) is 45.3 Å². The monoisotopic (exact) mass is 293 g/mol. The van der Waals surface area contributed by atoms with Crippen LogP contribution < -0.4 is 10.6 Å². The quantitative estimate of drug-likeness (QED) is 0.618. The smallest absolute Gasteiger partial charge is 0.191 e. The van der Waals surface area contributed by atoms with Crippen LogP contribution >= 0.6 is 0 Å². The first-order valence-corrected chi connectivity index (χ1v) is 8.52. The molecule has 0 spiro atoms. The zero-order chi connectivity index (χ0) is 15.3. The Balaban J connectivity index is 1.61. The van der Waals surface area contributed by atoms with Gasteiger partial charge in [0, 0.05) is 37.1 Å². The van der Waals surface area contributed by atoms with Crippen LogP contribution in [0.3, 0.4) is 0 Å². The summed E-state index contributed by atoms with van der Waals surface area (Å²) in [7, 11) is 0. The maximum atomic E-state index is 5.87. The Kier molecular flexibility index (Phi) is 3.71. The number of aliphatic imine (C=N–C) groups is 1. The van der Waals surface area contributed by atoms with Gasteiger partial charge in [-0.05, 0) is 31.1 Å². The Labute approximate surface area is 129 Å². The third kappa shape index (κ3) is 2.67. The van der Waals surface area contributed by atoms with E-state index < -0.39 is 0 Å². The molecule has 1 heterocycles. The molecule has 2 aliphatic carbocycles. The largest absolute Gasteiger partial charge is 0.377 e. The zero-order valence-corrected chi connectivity index (χ0v) is 14.2. The van der Waals surface area contributed by atoms with Gasteiger partial charge in [0.05, 0.1) is 6.10 Å². The van der Waals surface area contributed by atoms with Crippen LogP contribution in [0.2, 0.25) is 0 Å². The number of nitrogens with zero attached hydrogens (tertiary/aromatic N) is 1. The summed E-state index contributed by atoms with van der Waals surface area (Å²) in [5.74, 6) is 2.40. The van der Waals surface area contributed by atoms with Gasteiger partial charge >= 0.3 is 0 Å². The maximum absolute atomic E-state index is 5.87. The van der Waals surface area contributed by atoms with Crippen molar-refractivity contribution in [2.75, 3.05) is 19.7 Å². The molecule has 4 nitrogen and oxygen atoms in total. The van der Waals surface area contributed by atoms with E-state index in [1.165, 1.54) is 12.8 Å². The Morgan fingerprint density at radius 3 is 2.62 bits per heavy atom. The van der Waals surface area contributed by atoms with Gasteiger partial charge in [-0.15, -0.1) is 0 Å². The van der Waals surface area contributed by atoms with Crippen LogP contribution in [0.25, 0.3) is 0 Å². The molecule has 1 aliphatic heterocycles. The van der Waals surface area contributed by atoms with Gasteiger partial charge in [0.1, 0.15) is 0 Å². The highest BCUT2D eigenvalue weighted by Crippen LogP contribution is 2.52. The second-order valence-electron chi connectivity index (χ2n) is 8.30. The van der Waals surface area contributed by atoms with Gasteiger partial charge in [0.15, 0.2) is 5.96 Å². The molecule has 1 saturated heterocycles. The molecule has 4 atom stereocenters. The van der Waals surface area contributed by atoms with Crippen LogP contribution in [-0.2, 0) is 4.74 Å². The molecular weight excluding hydrogens is 262 g/mol. The standard InChI is InChI=1S/C17H31N3O/c1-6-18-15(19-10-11-9-16(11,2)3)20-13-12-7-8-21-14(12)17(13,4)5/h11-14H,6-10H2,1-5H3,(H2,18,19,20). The van der Waals surface area contributed by atoms with Crippen molar-refractivity contribution in [3.05, 3.63) is 0 Å². The summed E-state index contributed by atoms with van der Waals surface area (Å²) in [6, 6.07) is 0.481. The molecule has 4 heteroatoms. The molecule has 3 rings (SSSR count). The lowest BCUT2D eigenvalue weighted by Gasteiger charge is -2.54. The molecule has 0 aromatic heterocycles. The van der Waals surface area contributed by atoms with Gasteiger partial charge in [-0.25, -0.2) is 0 Å². The minimum absolute atomic E-state index is 0.205. The number of hydrogen-bond acceptors (Lipinski definition) is 2. The summed E-state index contributed by atoms with van der Waals surface area (Å²) in [6.45, 7) is 14.2. The van der Waals surface area contributed by atoms with Gasteiger partial charge in [-0.2, -0.15) is 0 Å². The minimum Gasteiger partial charge on any atom is -0.377 e. The topological polar surface area (TPSA) is 45.7 Å². The van der Waals surface area contributed by atoms with Crippen molar-refractivity contribution in [1.29, 1.82) is 0 Å². The predicted octanol–water partition coefficient (Wildman–Crippen LogP) is 2.40. The number of hydrogen-bond donors (Lipinski definition) is 2. The first-order valence-electron chi connectivity index (χ1n) is 8.52. The fraction of sp³-hybridized carbons (Fsp3) is 0.941. The van der Waals surface area contributed by atoms with Crippen molar-refractivity contribution in [2.45, 2.75) is 59.6 Å². The van der Waals surface area contributed by atoms with Crippen molar-refractivity contribution in [3.63, 3.8) is 0 Å². The Hall–Kier alpha value is -0.770. The highest BCUT2D eigenvalue weighted by molar-refractivity contribution is 5.80. The van der Waals surface area contributed by atoms with Crippen LogP contribution in [0.4, 0.5) is 0 Å². The molecule has 0 radical (unpaired) electrons. The number of ether oxygens (including phenoxy) is 1. The highest BCUT2D eigenvalue weighted by Gasteiger charge is 2.59. The molecule has 3 aliphatic rings. The zero-order valence-electron chi connectivity index (χ0n) is 14.2. The lowest BCUT2D eigenvalue weighted by Crippen LogP contribution is -2.68. The summed E-state index contributed by atoms with van der Waals surface area (Å²) in [4.78, 5) is 4.83. The van der Waals surface area contributed by atoms with E-state index in [0.29, 0.717) is 23.5 Å². The Morgan fingerprint density at radius 1 is 1.29 bits per heavy atom. The molecule has 0 amide bonds. The second kappa shape index (κ2) is 5.15. The minimum atomic E-state index is 0.205. The average Bonchev–Trinajstić information content (AvgIpc) is 2.86. The molecule has 3 fully saturated rings. The van der Waals surface area contributed by atoms with Crippen molar-refractivity contribution in [1.82, 2.24) is 10.6 Å². The van der Waals surface area contributed by atoms with Crippen LogP contribution in [-0.4, -0.2) is 37.8 Å². The van der Waals surface area contributed by atoms with Gasteiger partial charge in [-0.3, -0.25) is 4.99 Å². The van der Waals surface area contributed by atoms with E-state index in [0.717, 1.165) is 31.6 Å². The average molecular weight is 293 g/mol. The van der Waals surface area contributed by atoms with Crippen LogP contribution in [0, 0.1) is 22.7 Å². The predicted molar refractivity (Wildman–Crippen MR) is 86.4 cm³/mol. The summed E-state index contributed by atoms with van der Waals surface area (Å²) < 4.78 is 5.87. The third-order valence-electron chi connectivity index (χ3n) is 5.92.